The van der Waals surface area contributed by atoms with Crippen LogP contribution in [0.4, 0.5) is 15.8 Å². The van der Waals surface area contributed by atoms with Crippen LogP contribution >= 0.6 is 0 Å². The number of carbonyl (C=O) groups excluding carboxylic acids is 3. The number of para-hydroxylation sites is 1. The third kappa shape index (κ3) is 5.87. The predicted octanol–water partition coefficient (Wildman–Crippen LogP) is 3.39. The summed E-state index contributed by atoms with van der Waals surface area (Å²) in [7, 11) is 0. The molecule has 34 heavy (non-hydrogen) atoms. The van der Waals surface area contributed by atoms with Crippen LogP contribution in [0.5, 0.6) is 0 Å². The molecule has 1 saturated heterocycles. The topological polar surface area (TPSA) is 104 Å². The van der Waals surface area contributed by atoms with Gasteiger partial charge >= 0.3 is 0 Å². The molecule has 2 heterocycles. The molecule has 3 aromatic rings. The first-order valence-electron chi connectivity index (χ1n) is 11.0. The Bertz CT molecular complexity index is 1150. The number of furan rings is 1. The lowest BCUT2D eigenvalue weighted by Crippen LogP contribution is -2.45. The van der Waals surface area contributed by atoms with Crippen LogP contribution in [-0.4, -0.2) is 41.8 Å². The molecule has 0 radical (unpaired) electrons. The molecule has 1 fully saturated rings. The Morgan fingerprint density at radius 1 is 1.00 bits per heavy atom. The third-order valence-electron chi connectivity index (χ3n) is 5.58. The molecule has 2 aromatic carbocycles. The molecule has 0 bridgehead atoms. The van der Waals surface area contributed by atoms with Gasteiger partial charge in [-0.2, -0.15) is 0 Å². The maximum absolute atomic E-state index is 13.1. The van der Waals surface area contributed by atoms with E-state index in [9.17, 15) is 18.8 Å². The highest BCUT2D eigenvalue weighted by atomic mass is 19.1. The van der Waals surface area contributed by atoms with Gasteiger partial charge in [-0.1, -0.05) is 12.1 Å². The zero-order valence-electron chi connectivity index (χ0n) is 18.4. The summed E-state index contributed by atoms with van der Waals surface area (Å²) in [6, 6.07) is 15.2. The fraction of sp³-hybridized carbons (Fsp3) is 0.240. The molecule has 4 rings (SSSR count). The zero-order chi connectivity index (χ0) is 23.9. The normalized spacial score (nSPS) is 15.6. The molecule has 1 aromatic heterocycles. The average molecular weight is 464 g/mol. The van der Waals surface area contributed by atoms with Crippen molar-refractivity contribution in [1.82, 2.24) is 10.2 Å². The summed E-state index contributed by atoms with van der Waals surface area (Å²) in [6.07, 6.45) is 3.02. The molecule has 1 aliphatic rings. The van der Waals surface area contributed by atoms with Gasteiger partial charge in [0, 0.05) is 5.69 Å². The summed E-state index contributed by atoms with van der Waals surface area (Å²) < 4.78 is 18.3. The van der Waals surface area contributed by atoms with Gasteiger partial charge in [0.1, 0.15) is 11.6 Å². The van der Waals surface area contributed by atoms with Gasteiger partial charge in [0.15, 0.2) is 0 Å². The van der Waals surface area contributed by atoms with Crippen molar-refractivity contribution in [1.29, 1.82) is 0 Å². The highest BCUT2D eigenvalue weighted by molar-refractivity contribution is 6.10. The first kappa shape index (κ1) is 23.2. The van der Waals surface area contributed by atoms with E-state index in [4.69, 9.17) is 4.42 Å². The maximum Gasteiger partial charge on any atom is 0.257 e. The Balaban J connectivity index is 1.35. The number of amides is 3. The van der Waals surface area contributed by atoms with E-state index in [0.29, 0.717) is 36.6 Å². The van der Waals surface area contributed by atoms with Crippen molar-refractivity contribution in [2.45, 2.75) is 25.4 Å². The van der Waals surface area contributed by atoms with Crippen LogP contribution in [0.15, 0.2) is 71.3 Å². The minimum absolute atomic E-state index is 0.0206. The van der Waals surface area contributed by atoms with Gasteiger partial charge < -0.3 is 20.4 Å². The quantitative estimate of drug-likeness (QED) is 0.474. The number of rotatable bonds is 8. The van der Waals surface area contributed by atoms with Crippen molar-refractivity contribution in [3.8, 4) is 0 Å². The molecule has 1 aliphatic heterocycles. The SMILES string of the molecule is O=C(CN1CCCC1C(=O)NCc1ccco1)Nc1ccccc1C(=O)Nc1ccc(F)cc1. The van der Waals surface area contributed by atoms with Crippen LogP contribution in [0.3, 0.4) is 0 Å². The second-order valence-corrected chi connectivity index (χ2v) is 7.98. The fourth-order valence-corrected chi connectivity index (χ4v) is 3.91. The van der Waals surface area contributed by atoms with Crippen molar-refractivity contribution < 1.29 is 23.2 Å². The minimum Gasteiger partial charge on any atom is -0.467 e. The van der Waals surface area contributed by atoms with Gasteiger partial charge in [-0.25, -0.2) is 4.39 Å². The number of carbonyl (C=O) groups is 3. The summed E-state index contributed by atoms with van der Waals surface area (Å²) in [4.78, 5) is 40.0. The van der Waals surface area contributed by atoms with Crippen molar-refractivity contribution in [2.75, 3.05) is 23.7 Å². The van der Waals surface area contributed by atoms with Crippen molar-refractivity contribution in [2.24, 2.45) is 0 Å². The number of hydrogen-bond donors (Lipinski definition) is 3. The lowest BCUT2D eigenvalue weighted by molar-refractivity contribution is -0.126. The van der Waals surface area contributed by atoms with Gasteiger partial charge in [0.25, 0.3) is 5.91 Å². The van der Waals surface area contributed by atoms with E-state index in [1.165, 1.54) is 24.3 Å². The molecule has 0 saturated carbocycles. The average Bonchev–Trinajstić information content (AvgIpc) is 3.51. The van der Waals surface area contributed by atoms with E-state index in [1.807, 2.05) is 4.90 Å². The minimum atomic E-state index is -0.432. The van der Waals surface area contributed by atoms with Gasteiger partial charge in [0.2, 0.25) is 11.8 Å². The van der Waals surface area contributed by atoms with Gasteiger partial charge in [-0.3, -0.25) is 19.3 Å². The molecule has 0 aliphatic carbocycles. The lowest BCUT2D eigenvalue weighted by atomic mass is 10.1. The fourth-order valence-electron chi connectivity index (χ4n) is 3.91. The maximum atomic E-state index is 13.1. The number of anilines is 2. The van der Waals surface area contributed by atoms with Crippen LogP contribution in [0, 0.1) is 5.82 Å². The highest BCUT2D eigenvalue weighted by Crippen LogP contribution is 2.20. The molecular formula is C25H25FN4O4. The summed E-state index contributed by atoms with van der Waals surface area (Å²) in [5.41, 5.74) is 1.06. The Hall–Kier alpha value is -3.98. The lowest BCUT2D eigenvalue weighted by Gasteiger charge is -2.23. The molecular weight excluding hydrogens is 439 g/mol. The summed E-state index contributed by atoms with van der Waals surface area (Å²) >= 11 is 0. The molecule has 3 N–H and O–H groups in total. The number of hydrogen-bond acceptors (Lipinski definition) is 5. The Kier molecular flexibility index (Phi) is 7.34. The van der Waals surface area contributed by atoms with Gasteiger partial charge in [-0.15, -0.1) is 0 Å². The van der Waals surface area contributed by atoms with E-state index in [2.05, 4.69) is 16.0 Å². The monoisotopic (exact) mass is 464 g/mol. The molecule has 8 nitrogen and oxygen atoms in total. The molecule has 1 unspecified atom stereocenters. The molecule has 1 atom stereocenters. The van der Waals surface area contributed by atoms with Crippen molar-refractivity contribution in [3.05, 3.63) is 84.1 Å². The number of nitrogens with zero attached hydrogens (tertiary/aromatic N) is 1. The van der Waals surface area contributed by atoms with Gasteiger partial charge in [-0.05, 0) is 67.9 Å². The number of halogens is 1. The zero-order valence-corrected chi connectivity index (χ0v) is 18.4. The van der Waals surface area contributed by atoms with Crippen LogP contribution < -0.4 is 16.0 Å². The first-order chi connectivity index (χ1) is 16.5. The molecule has 3 amide bonds. The molecule has 0 spiro atoms. The highest BCUT2D eigenvalue weighted by Gasteiger charge is 2.32. The van der Waals surface area contributed by atoms with Crippen LogP contribution in [0.25, 0.3) is 0 Å². The Labute approximate surface area is 196 Å². The van der Waals surface area contributed by atoms with E-state index < -0.39 is 17.8 Å². The predicted molar refractivity (Wildman–Crippen MR) is 125 cm³/mol. The molecule has 176 valence electrons. The first-order valence-corrected chi connectivity index (χ1v) is 11.0. The van der Waals surface area contributed by atoms with E-state index in [0.717, 1.165) is 6.42 Å². The summed E-state index contributed by atoms with van der Waals surface area (Å²) in [5, 5.41) is 8.32. The number of benzene rings is 2. The standard InChI is InChI=1S/C25H25FN4O4/c26-17-9-11-18(12-10-17)28-24(32)20-6-1-2-7-21(20)29-23(31)16-30-13-3-8-22(30)25(33)27-15-19-5-4-14-34-19/h1-2,4-7,9-12,14,22H,3,8,13,15-16H2,(H,27,33)(H,28,32)(H,29,31). The van der Waals surface area contributed by atoms with E-state index in [1.54, 1.807) is 42.7 Å². The Morgan fingerprint density at radius 3 is 2.56 bits per heavy atom. The van der Waals surface area contributed by atoms with Crippen LogP contribution in [-0.2, 0) is 16.1 Å². The van der Waals surface area contributed by atoms with E-state index in [-0.39, 0.29) is 23.9 Å². The van der Waals surface area contributed by atoms with Crippen LogP contribution in [0.2, 0.25) is 0 Å². The third-order valence-corrected chi connectivity index (χ3v) is 5.58. The summed E-state index contributed by atoms with van der Waals surface area (Å²) in [5.74, 6) is -0.654. The summed E-state index contributed by atoms with van der Waals surface area (Å²) in [6.45, 7) is 0.935. The van der Waals surface area contributed by atoms with Gasteiger partial charge in [0.05, 0.1) is 36.6 Å². The van der Waals surface area contributed by atoms with Crippen molar-refractivity contribution in [3.63, 3.8) is 0 Å². The van der Waals surface area contributed by atoms with Crippen molar-refractivity contribution >= 4 is 29.1 Å². The Morgan fingerprint density at radius 2 is 1.79 bits per heavy atom. The second kappa shape index (κ2) is 10.8. The van der Waals surface area contributed by atoms with E-state index >= 15 is 0 Å². The largest absolute Gasteiger partial charge is 0.467 e. The second-order valence-electron chi connectivity index (χ2n) is 7.98. The number of nitrogens with one attached hydrogen (secondary N) is 3. The number of likely N-dealkylation sites (tertiary alicyclic amines) is 1. The van der Waals surface area contributed by atoms with Crippen LogP contribution in [0.1, 0.15) is 29.0 Å². The smallest absolute Gasteiger partial charge is 0.257 e. The molecule has 9 heteroatoms.